The number of aliphatic imine (C=N–C) groups is 1. The maximum atomic E-state index is 9.64. The molecule has 0 saturated heterocycles. The largest absolute Gasteiger partial charge is 1.00 e. The summed E-state index contributed by atoms with van der Waals surface area (Å²) in [4.78, 5) is 4.68. The fourth-order valence-corrected chi connectivity index (χ4v) is 4.20. The first kappa shape index (κ1) is 26.1. The normalized spacial score (nSPS) is 17.9. The number of quaternary nitrogens is 1. The smallest absolute Gasteiger partial charge is 0.207 e. The third-order valence-corrected chi connectivity index (χ3v) is 5.90. The van der Waals surface area contributed by atoms with Crippen LogP contribution in [-0.4, -0.2) is 28.6 Å². The number of amidine groups is 1. The van der Waals surface area contributed by atoms with Gasteiger partial charge in [-0.3, -0.25) is 0 Å². The number of aliphatic hydroxyl groups excluding tert-OH is 1. The molecule has 0 bridgehead atoms. The van der Waals surface area contributed by atoms with Gasteiger partial charge in [0.2, 0.25) is 5.84 Å². The van der Waals surface area contributed by atoms with Gasteiger partial charge < -0.3 is 22.1 Å². The van der Waals surface area contributed by atoms with Crippen LogP contribution in [0.3, 0.4) is 0 Å². The lowest BCUT2D eigenvalue weighted by Gasteiger charge is -2.32. The molecule has 4 heteroatoms. The Balaban J connectivity index is 0.00000420. The molecule has 3 nitrogen and oxygen atoms in total. The van der Waals surface area contributed by atoms with Gasteiger partial charge in [0.05, 0.1) is 12.8 Å². The zero-order chi connectivity index (χ0) is 19.9. The van der Waals surface area contributed by atoms with Crippen LogP contribution in [-0.2, 0) is 6.54 Å². The molecule has 164 valence electrons. The van der Waals surface area contributed by atoms with E-state index in [1.807, 2.05) is 6.20 Å². The summed E-state index contributed by atoms with van der Waals surface area (Å²) < 4.78 is 0.693. The Morgan fingerprint density at radius 2 is 1.41 bits per heavy atom. The Labute approximate surface area is 189 Å². The average molecular weight is 466 g/mol. The van der Waals surface area contributed by atoms with Crippen molar-refractivity contribution < 1.29 is 26.6 Å². The van der Waals surface area contributed by atoms with Crippen molar-refractivity contribution in [3.05, 3.63) is 48.3 Å². The molecular formula is C25H41BrN2O. The topological polar surface area (TPSA) is 32.6 Å². The molecule has 0 amide bonds. The van der Waals surface area contributed by atoms with Crippen molar-refractivity contribution in [2.24, 2.45) is 4.99 Å². The summed E-state index contributed by atoms with van der Waals surface area (Å²) in [6.07, 6.45) is 20.2. The molecule has 1 unspecified atom stereocenters. The SMILES string of the molecule is CCCCCCCCCCCCCC1=NC=C[N+]1(CCO)Cc1ccccc1.[Br-]. The Morgan fingerprint density at radius 3 is 2.00 bits per heavy atom. The van der Waals surface area contributed by atoms with Crippen molar-refractivity contribution in [3.8, 4) is 0 Å². The standard InChI is InChI=1S/C25H41N2O.BrH/c1-2-3-4-5-6-7-8-9-10-11-15-18-25-26-19-20-27(25,21-22-28)23-24-16-13-12-14-17-24;/h12-14,16-17,19-20,28H,2-11,15,18,21-23H2,1H3;1H/q+1;/p-1. The molecule has 0 radical (unpaired) electrons. The zero-order valence-corrected chi connectivity index (χ0v) is 20.0. The molecule has 0 aromatic heterocycles. The van der Waals surface area contributed by atoms with Crippen LogP contribution in [0, 0.1) is 0 Å². The van der Waals surface area contributed by atoms with E-state index in [0.29, 0.717) is 11.0 Å². The first-order valence-corrected chi connectivity index (χ1v) is 11.6. The van der Waals surface area contributed by atoms with Crippen molar-refractivity contribution in [2.45, 2.75) is 90.5 Å². The Bertz CT molecular complexity index is 588. The number of halogens is 1. The number of nitrogens with zero attached hydrogens (tertiary/aromatic N) is 2. The van der Waals surface area contributed by atoms with Gasteiger partial charge in [0.1, 0.15) is 19.3 Å². The summed E-state index contributed by atoms with van der Waals surface area (Å²) in [5.74, 6) is 1.22. The second-order valence-corrected chi connectivity index (χ2v) is 8.25. The number of unbranched alkanes of at least 4 members (excludes halogenated alkanes) is 10. The summed E-state index contributed by atoms with van der Waals surface area (Å²) in [6.45, 7) is 4.06. The lowest BCUT2D eigenvalue weighted by molar-refractivity contribution is -0.802. The minimum atomic E-state index is 0. The van der Waals surface area contributed by atoms with Crippen LogP contribution in [0.2, 0.25) is 0 Å². The summed E-state index contributed by atoms with van der Waals surface area (Å²) in [5, 5.41) is 9.64. The molecule has 1 aliphatic heterocycles. The first-order valence-electron chi connectivity index (χ1n) is 11.6. The number of aliphatic hydroxyl groups is 1. The van der Waals surface area contributed by atoms with Crippen molar-refractivity contribution in [1.82, 2.24) is 0 Å². The quantitative estimate of drug-likeness (QED) is 0.294. The third kappa shape index (κ3) is 9.59. The second kappa shape index (κ2) is 15.8. The highest BCUT2D eigenvalue weighted by molar-refractivity contribution is 5.78. The van der Waals surface area contributed by atoms with Gasteiger partial charge in [-0.25, -0.2) is 9.48 Å². The van der Waals surface area contributed by atoms with Crippen LogP contribution in [0.15, 0.2) is 47.7 Å². The van der Waals surface area contributed by atoms with Gasteiger partial charge in [0.15, 0.2) is 0 Å². The van der Waals surface area contributed by atoms with Crippen LogP contribution in [0.25, 0.3) is 0 Å². The Morgan fingerprint density at radius 1 is 0.828 bits per heavy atom. The summed E-state index contributed by atoms with van der Waals surface area (Å²) >= 11 is 0. The highest BCUT2D eigenvalue weighted by Gasteiger charge is 2.34. The molecule has 0 spiro atoms. The molecule has 0 aliphatic carbocycles. The van der Waals surface area contributed by atoms with Gasteiger partial charge in [0.25, 0.3) is 0 Å². The van der Waals surface area contributed by atoms with Crippen molar-refractivity contribution in [2.75, 3.05) is 13.2 Å². The highest BCUT2D eigenvalue weighted by Crippen LogP contribution is 2.25. The maximum Gasteiger partial charge on any atom is 0.207 e. The van der Waals surface area contributed by atoms with E-state index < -0.39 is 0 Å². The summed E-state index contributed by atoms with van der Waals surface area (Å²) in [7, 11) is 0. The van der Waals surface area contributed by atoms with Gasteiger partial charge in [-0.15, -0.1) is 0 Å². The van der Waals surface area contributed by atoms with Gasteiger partial charge in [-0.2, -0.15) is 0 Å². The van der Waals surface area contributed by atoms with Crippen LogP contribution in [0.5, 0.6) is 0 Å². The summed E-state index contributed by atoms with van der Waals surface area (Å²) in [5.41, 5.74) is 1.30. The highest BCUT2D eigenvalue weighted by atomic mass is 79.9. The van der Waals surface area contributed by atoms with E-state index in [2.05, 4.69) is 48.4 Å². The first-order chi connectivity index (χ1) is 13.8. The van der Waals surface area contributed by atoms with E-state index in [-0.39, 0.29) is 23.6 Å². The van der Waals surface area contributed by atoms with Gasteiger partial charge in [-0.05, 0) is 6.42 Å². The minimum absolute atomic E-state index is 0. The van der Waals surface area contributed by atoms with E-state index in [1.54, 1.807) is 0 Å². The van der Waals surface area contributed by atoms with Crippen molar-refractivity contribution >= 4 is 5.84 Å². The van der Waals surface area contributed by atoms with E-state index in [0.717, 1.165) is 13.0 Å². The molecule has 1 atom stereocenters. The third-order valence-electron chi connectivity index (χ3n) is 5.90. The lowest BCUT2D eigenvalue weighted by Crippen LogP contribution is -3.00. The lowest BCUT2D eigenvalue weighted by atomic mass is 10.0. The van der Waals surface area contributed by atoms with Gasteiger partial charge in [-0.1, -0.05) is 101 Å². The predicted octanol–water partition coefficient (Wildman–Crippen LogP) is 3.58. The monoisotopic (exact) mass is 464 g/mol. The van der Waals surface area contributed by atoms with E-state index in [4.69, 9.17) is 0 Å². The number of hydrogen-bond acceptors (Lipinski definition) is 2. The summed E-state index contributed by atoms with van der Waals surface area (Å²) in [6, 6.07) is 10.6. The molecular weight excluding hydrogens is 424 g/mol. The minimum Gasteiger partial charge on any atom is -1.00 e. The van der Waals surface area contributed by atoms with Crippen LogP contribution in [0.4, 0.5) is 0 Å². The zero-order valence-electron chi connectivity index (χ0n) is 18.4. The van der Waals surface area contributed by atoms with Gasteiger partial charge in [0, 0.05) is 12.0 Å². The van der Waals surface area contributed by atoms with Crippen LogP contribution in [0.1, 0.15) is 89.5 Å². The fourth-order valence-electron chi connectivity index (χ4n) is 4.20. The number of rotatable bonds is 16. The molecule has 0 fully saturated rings. The van der Waals surface area contributed by atoms with Gasteiger partial charge >= 0.3 is 0 Å². The Hall–Kier alpha value is -0.970. The van der Waals surface area contributed by atoms with Crippen molar-refractivity contribution in [1.29, 1.82) is 0 Å². The predicted molar refractivity (Wildman–Crippen MR) is 120 cm³/mol. The maximum absolute atomic E-state index is 9.64. The molecule has 29 heavy (non-hydrogen) atoms. The molecule has 1 aromatic rings. The fraction of sp³-hybridized carbons (Fsp3) is 0.640. The molecule has 1 N–H and O–H groups in total. The molecule has 1 heterocycles. The van der Waals surface area contributed by atoms with Crippen molar-refractivity contribution in [3.63, 3.8) is 0 Å². The second-order valence-electron chi connectivity index (χ2n) is 8.25. The van der Waals surface area contributed by atoms with Crippen LogP contribution >= 0.6 is 0 Å². The number of benzene rings is 1. The molecule has 1 aromatic carbocycles. The van der Waals surface area contributed by atoms with Crippen LogP contribution < -0.4 is 17.0 Å². The molecule has 0 saturated carbocycles. The average Bonchev–Trinajstić information content (AvgIpc) is 3.09. The molecule has 1 aliphatic rings. The van der Waals surface area contributed by atoms with E-state index in [1.165, 1.54) is 82.0 Å². The van der Waals surface area contributed by atoms with E-state index in [9.17, 15) is 5.11 Å². The Kier molecular flexibility index (Phi) is 14.2. The molecule has 2 rings (SSSR count). The number of hydrogen-bond donors (Lipinski definition) is 1. The van der Waals surface area contributed by atoms with E-state index >= 15 is 0 Å².